The fraction of sp³-hybridized carbons (Fsp3) is 0.412. The van der Waals surface area contributed by atoms with Crippen LogP contribution in [-0.2, 0) is 17.5 Å². The number of aryl methyl sites for hydroxylation is 1. The Morgan fingerprint density at radius 2 is 2.16 bits per heavy atom. The van der Waals surface area contributed by atoms with Gasteiger partial charge >= 0.3 is 6.18 Å². The van der Waals surface area contributed by atoms with Crippen molar-refractivity contribution in [2.24, 2.45) is 5.92 Å². The maximum atomic E-state index is 12.6. The first kappa shape index (κ1) is 17.7. The number of carbonyl (C=O) groups excluding carboxylic acids is 1. The lowest BCUT2D eigenvalue weighted by Crippen LogP contribution is -2.32. The molecule has 25 heavy (non-hydrogen) atoms. The lowest BCUT2D eigenvalue weighted by atomic mass is 10.1. The van der Waals surface area contributed by atoms with Crippen molar-refractivity contribution in [3.63, 3.8) is 0 Å². The van der Waals surface area contributed by atoms with Crippen molar-refractivity contribution in [1.82, 2.24) is 10.3 Å². The lowest BCUT2D eigenvalue weighted by molar-refractivity contribution is -0.137. The van der Waals surface area contributed by atoms with Crippen LogP contribution in [0.3, 0.4) is 0 Å². The molecule has 0 bridgehead atoms. The smallest absolute Gasteiger partial charge is 0.356 e. The molecule has 0 aromatic carbocycles. The van der Waals surface area contributed by atoms with Crippen LogP contribution in [0.5, 0.6) is 0 Å². The zero-order chi connectivity index (χ0) is 18.0. The first-order valence-electron chi connectivity index (χ1n) is 7.94. The van der Waals surface area contributed by atoms with E-state index in [1.807, 2.05) is 24.0 Å². The zero-order valence-electron chi connectivity index (χ0n) is 13.6. The van der Waals surface area contributed by atoms with Gasteiger partial charge in [0, 0.05) is 29.0 Å². The Kier molecular flexibility index (Phi) is 4.99. The molecule has 3 rings (SSSR count). The van der Waals surface area contributed by atoms with Crippen LogP contribution in [0.25, 0.3) is 0 Å². The first-order valence-corrected chi connectivity index (χ1v) is 8.76. The molecule has 1 aliphatic rings. The van der Waals surface area contributed by atoms with Crippen molar-refractivity contribution >= 4 is 23.1 Å². The number of nitrogens with zero attached hydrogens (tertiary/aromatic N) is 2. The largest absolute Gasteiger partial charge is 0.417 e. The monoisotopic (exact) mass is 369 g/mol. The Hall–Kier alpha value is -2.09. The van der Waals surface area contributed by atoms with Gasteiger partial charge in [-0.25, -0.2) is 4.98 Å². The van der Waals surface area contributed by atoms with Crippen LogP contribution in [0.15, 0.2) is 30.5 Å². The average molecular weight is 369 g/mol. The van der Waals surface area contributed by atoms with Gasteiger partial charge in [0.2, 0.25) is 5.91 Å². The molecule has 1 fully saturated rings. The second kappa shape index (κ2) is 7.03. The number of aromatic nitrogens is 1. The molecular formula is C17H18F3N3OS. The molecule has 0 radical (unpaired) electrons. The van der Waals surface area contributed by atoms with Gasteiger partial charge in [0.25, 0.3) is 0 Å². The van der Waals surface area contributed by atoms with E-state index in [9.17, 15) is 18.0 Å². The van der Waals surface area contributed by atoms with E-state index in [0.717, 1.165) is 17.1 Å². The second-order valence-electron chi connectivity index (χ2n) is 6.06. The highest BCUT2D eigenvalue weighted by atomic mass is 32.1. The number of anilines is 1. The Balaban J connectivity index is 1.55. The summed E-state index contributed by atoms with van der Waals surface area (Å²) in [6.45, 7) is 3.59. The summed E-state index contributed by atoms with van der Waals surface area (Å²) in [5, 5.41) is 2.93. The van der Waals surface area contributed by atoms with Crippen molar-refractivity contribution in [3.8, 4) is 0 Å². The molecular weight excluding hydrogens is 351 g/mol. The molecule has 1 saturated heterocycles. The molecule has 0 aliphatic carbocycles. The van der Waals surface area contributed by atoms with Gasteiger partial charge in [0.05, 0.1) is 18.0 Å². The quantitative estimate of drug-likeness (QED) is 0.896. The normalized spacial score (nSPS) is 17.8. The van der Waals surface area contributed by atoms with Crippen LogP contribution in [0, 0.1) is 12.8 Å². The van der Waals surface area contributed by atoms with Gasteiger partial charge < -0.3 is 10.2 Å². The number of alkyl halides is 3. The molecule has 8 heteroatoms. The molecule has 3 heterocycles. The third-order valence-electron chi connectivity index (χ3n) is 4.19. The van der Waals surface area contributed by atoms with Crippen LogP contribution < -0.4 is 10.2 Å². The topological polar surface area (TPSA) is 45.2 Å². The summed E-state index contributed by atoms with van der Waals surface area (Å²) in [5.74, 6) is 0.266. The van der Waals surface area contributed by atoms with E-state index in [0.29, 0.717) is 31.9 Å². The summed E-state index contributed by atoms with van der Waals surface area (Å²) < 4.78 is 37.8. The maximum absolute atomic E-state index is 12.6. The van der Waals surface area contributed by atoms with Gasteiger partial charge in [-0.1, -0.05) is 0 Å². The Labute approximate surface area is 147 Å². The van der Waals surface area contributed by atoms with E-state index in [1.165, 1.54) is 10.9 Å². The number of rotatable bonds is 4. The Bertz CT molecular complexity index is 742. The van der Waals surface area contributed by atoms with Gasteiger partial charge in [0.15, 0.2) is 0 Å². The van der Waals surface area contributed by atoms with Crippen molar-refractivity contribution in [2.45, 2.75) is 26.1 Å². The fourth-order valence-electron chi connectivity index (χ4n) is 2.82. The highest BCUT2D eigenvalue weighted by Crippen LogP contribution is 2.30. The number of hydrogen-bond acceptors (Lipinski definition) is 4. The molecule has 1 atom stereocenters. The summed E-state index contributed by atoms with van der Waals surface area (Å²) in [6.07, 6.45) is -2.89. The number of pyridine rings is 1. The fourth-order valence-corrected chi connectivity index (χ4v) is 3.65. The molecule has 4 nitrogen and oxygen atoms in total. The molecule has 1 aliphatic heterocycles. The van der Waals surface area contributed by atoms with Crippen LogP contribution in [0.4, 0.5) is 19.0 Å². The predicted octanol–water partition coefficient (Wildman–Crippen LogP) is 3.61. The van der Waals surface area contributed by atoms with E-state index in [-0.39, 0.29) is 11.8 Å². The van der Waals surface area contributed by atoms with Gasteiger partial charge in [-0.15, -0.1) is 11.3 Å². The summed E-state index contributed by atoms with van der Waals surface area (Å²) in [5.41, 5.74) is -0.768. The summed E-state index contributed by atoms with van der Waals surface area (Å²) in [4.78, 5) is 20.3. The maximum Gasteiger partial charge on any atom is 0.417 e. The molecule has 0 saturated carbocycles. The zero-order valence-corrected chi connectivity index (χ0v) is 14.5. The minimum Gasteiger partial charge on any atom is -0.356 e. The summed E-state index contributed by atoms with van der Waals surface area (Å²) >= 11 is 1.65. The third kappa shape index (κ3) is 4.31. The molecule has 2 aromatic heterocycles. The van der Waals surface area contributed by atoms with Crippen LogP contribution in [0.2, 0.25) is 0 Å². The SMILES string of the molecule is Cc1ccc(CNC(=O)C2CCN(c3ccc(C(F)(F)F)cn3)C2)s1. The van der Waals surface area contributed by atoms with Crippen LogP contribution in [-0.4, -0.2) is 24.0 Å². The van der Waals surface area contributed by atoms with Gasteiger partial charge in [-0.2, -0.15) is 13.2 Å². The van der Waals surface area contributed by atoms with Crippen LogP contribution in [0.1, 0.15) is 21.7 Å². The molecule has 1 N–H and O–H groups in total. The molecule has 0 spiro atoms. The summed E-state index contributed by atoms with van der Waals surface area (Å²) in [6, 6.07) is 6.39. The van der Waals surface area contributed by atoms with Crippen molar-refractivity contribution in [2.75, 3.05) is 18.0 Å². The van der Waals surface area contributed by atoms with Gasteiger partial charge in [-0.3, -0.25) is 4.79 Å². The highest BCUT2D eigenvalue weighted by Gasteiger charge is 2.32. The van der Waals surface area contributed by atoms with E-state index < -0.39 is 11.7 Å². The summed E-state index contributed by atoms with van der Waals surface area (Å²) in [7, 11) is 0. The van der Waals surface area contributed by atoms with E-state index in [1.54, 1.807) is 11.3 Å². The molecule has 2 aromatic rings. The Morgan fingerprint density at radius 1 is 1.36 bits per heavy atom. The number of amides is 1. The molecule has 1 unspecified atom stereocenters. The highest BCUT2D eigenvalue weighted by molar-refractivity contribution is 7.11. The van der Waals surface area contributed by atoms with E-state index in [4.69, 9.17) is 0 Å². The van der Waals surface area contributed by atoms with Crippen molar-refractivity contribution in [1.29, 1.82) is 0 Å². The number of thiophene rings is 1. The van der Waals surface area contributed by atoms with Crippen LogP contribution >= 0.6 is 11.3 Å². The van der Waals surface area contributed by atoms with Crippen molar-refractivity contribution in [3.05, 3.63) is 45.8 Å². The average Bonchev–Trinajstić information content (AvgIpc) is 3.21. The Morgan fingerprint density at radius 3 is 2.76 bits per heavy atom. The van der Waals surface area contributed by atoms with E-state index in [2.05, 4.69) is 10.3 Å². The van der Waals surface area contributed by atoms with E-state index >= 15 is 0 Å². The first-order chi connectivity index (χ1) is 11.8. The van der Waals surface area contributed by atoms with Crippen molar-refractivity contribution < 1.29 is 18.0 Å². The minimum absolute atomic E-state index is 0.0273. The number of hydrogen-bond donors (Lipinski definition) is 1. The lowest BCUT2D eigenvalue weighted by Gasteiger charge is -2.18. The minimum atomic E-state index is -4.39. The molecule has 134 valence electrons. The predicted molar refractivity (Wildman–Crippen MR) is 90.5 cm³/mol. The standard InChI is InChI=1S/C17H18F3N3OS/c1-11-2-4-14(25-11)9-22-16(24)12-6-7-23(10-12)15-5-3-13(8-21-15)17(18,19)20/h2-5,8,12H,6-7,9-10H2,1H3,(H,22,24). The number of halogens is 3. The van der Waals surface area contributed by atoms with Gasteiger partial charge in [-0.05, 0) is 37.6 Å². The van der Waals surface area contributed by atoms with Gasteiger partial charge in [0.1, 0.15) is 5.82 Å². The second-order valence-corrected chi connectivity index (χ2v) is 7.44. The third-order valence-corrected chi connectivity index (χ3v) is 5.19. The molecule has 1 amide bonds. The number of nitrogens with one attached hydrogen (secondary N) is 1. The number of carbonyl (C=O) groups is 1.